The van der Waals surface area contributed by atoms with Crippen molar-refractivity contribution in [2.75, 3.05) is 0 Å². The fraction of sp³-hybridized carbons (Fsp3) is 0.0714. The van der Waals surface area contributed by atoms with Gasteiger partial charge in [-0.05, 0) is 34.9 Å². The first-order chi connectivity index (χ1) is 8.24. The lowest BCUT2D eigenvalue weighted by molar-refractivity contribution is 0.282. The van der Waals surface area contributed by atoms with Crippen molar-refractivity contribution < 1.29 is 9.50 Å². The Morgan fingerprint density at radius 3 is 2.53 bits per heavy atom. The summed E-state index contributed by atoms with van der Waals surface area (Å²) in [7, 11) is 0. The highest BCUT2D eigenvalue weighted by Crippen LogP contribution is 2.22. The monoisotopic (exact) mass is 227 g/mol. The normalized spacial score (nSPS) is 9.94. The van der Waals surface area contributed by atoms with E-state index in [2.05, 4.69) is 0 Å². The molecule has 1 N–H and O–H groups in total. The number of benzene rings is 2. The Kier molecular flexibility index (Phi) is 3.17. The number of aliphatic hydroxyl groups is 1. The molecule has 2 aromatic carbocycles. The molecule has 84 valence electrons. The van der Waals surface area contributed by atoms with Gasteiger partial charge in [-0.3, -0.25) is 0 Å². The number of hydrogen-bond donors (Lipinski definition) is 1. The fourth-order valence-electron chi connectivity index (χ4n) is 1.63. The average molecular weight is 227 g/mol. The van der Waals surface area contributed by atoms with Gasteiger partial charge in [0.1, 0.15) is 11.9 Å². The van der Waals surface area contributed by atoms with Crippen molar-refractivity contribution in [2.24, 2.45) is 0 Å². The van der Waals surface area contributed by atoms with Crippen molar-refractivity contribution in [3.63, 3.8) is 0 Å². The smallest absolute Gasteiger partial charge is 0.141 e. The van der Waals surface area contributed by atoms with Crippen molar-refractivity contribution in [1.29, 1.82) is 5.26 Å². The first-order valence-corrected chi connectivity index (χ1v) is 5.14. The molecular weight excluding hydrogens is 217 g/mol. The zero-order valence-corrected chi connectivity index (χ0v) is 9.02. The first kappa shape index (κ1) is 11.3. The van der Waals surface area contributed by atoms with Gasteiger partial charge >= 0.3 is 0 Å². The van der Waals surface area contributed by atoms with Crippen LogP contribution in [0.2, 0.25) is 0 Å². The minimum absolute atomic E-state index is 0.0343. The Balaban J connectivity index is 2.46. The zero-order valence-electron chi connectivity index (χ0n) is 9.02. The van der Waals surface area contributed by atoms with E-state index in [0.29, 0.717) is 5.56 Å². The van der Waals surface area contributed by atoms with Crippen LogP contribution in [0.3, 0.4) is 0 Å². The van der Waals surface area contributed by atoms with Gasteiger partial charge in [0.25, 0.3) is 0 Å². The van der Waals surface area contributed by atoms with Crippen molar-refractivity contribution in [3.05, 3.63) is 59.4 Å². The maximum atomic E-state index is 13.4. The van der Waals surface area contributed by atoms with Gasteiger partial charge in [0.05, 0.1) is 12.2 Å². The molecule has 0 bridgehead atoms. The zero-order chi connectivity index (χ0) is 12.3. The van der Waals surface area contributed by atoms with Crippen molar-refractivity contribution in [3.8, 4) is 17.2 Å². The van der Waals surface area contributed by atoms with E-state index in [1.165, 1.54) is 12.1 Å². The Morgan fingerprint density at radius 1 is 1.12 bits per heavy atom. The van der Waals surface area contributed by atoms with Gasteiger partial charge in [-0.15, -0.1) is 0 Å². The van der Waals surface area contributed by atoms with E-state index in [9.17, 15) is 4.39 Å². The number of nitrogens with zero attached hydrogens (tertiary/aromatic N) is 1. The summed E-state index contributed by atoms with van der Waals surface area (Å²) in [5.41, 5.74) is 2.32. The van der Waals surface area contributed by atoms with E-state index < -0.39 is 5.82 Å². The third-order valence-electron chi connectivity index (χ3n) is 2.53. The quantitative estimate of drug-likeness (QED) is 0.857. The van der Waals surface area contributed by atoms with E-state index in [1.807, 2.05) is 6.07 Å². The van der Waals surface area contributed by atoms with Gasteiger partial charge in [-0.25, -0.2) is 4.39 Å². The van der Waals surface area contributed by atoms with Crippen LogP contribution >= 0.6 is 0 Å². The molecule has 0 aromatic heterocycles. The van der Waals surface area contributed by atoms with Gasteiger partial charge in [0, 0.05) is 0 Å². The second kappa shape index (κ2) is 4.77. The van der Waals surface area contributed by atoms with Gasteiger partial charge in [0.2, 0.25) is 0 Å². The molecule has 2 nitrogen and oxygen atoms in total. The largest absolute Gasteiger partial charge is 0.392 e. The Hall–Kier alpha value is -2.18. The lowest BCUT2D eigenvalue weighted by Crippen LogP contribution is -1.87. The molecule has 0 saturated heterocycles. The lowest BCUT2D eigenvalue weighted by Gasteiger charge is -2.04. The predicted molar refractivity (Wildman–Crippen MR) is 62.5 cm³/mol. The summed E-state index contributed by atoms with van der Waals surface area (Å²) in [6, 6.07) is 13.5. The average Bonchev–Trinajstić information content (AvgIpc) is 2.38. The van der Waals surface area contributed by atoms with Gasteiger partial charge in [-0.2, -0.15) is 5.26 Å². The molecule has 3 heteroatoms. The summed E-state index contributed by atoms with van der Waals surface area (Å²) in [5, 5.41) is 17.7. The summed E-state index contributed by atoms with van der Waals surface area (Å²) >= 11 is 0. The summed E-state index contributed by atoms with van der Waals surface area (Å²) < 4.78 is 13.4. The molecule has 0 aliphatic rings. The van der Waals surface area contributed by atoms with Gasteiger partial charge in [0.15, 0.2) is 0 Å². The third kappa shape index (κ3) is 2.32. The minimum atomic E-state index is -0.528. The summed E-state index contributed by atoms with van der Waals surface area (Å²) in [4.78, 5) is 0. The molecule has 0 atom stereocenters. The first-order valence-electron chi connectivity index (χ1n) is 5.14. The number of halogens is 1. The molecule has 0 aliphatic carbocycles. The van der Waals surface area contributed by atoms with Crippen LogP contribution in [-0.4, -0.2) is 5.11 Å². The Bertz CT molecular complexity index is 587. The molecule has 0 unspecified atom stereocenters. The highest BCUT2D eigenvalue weighted by molar-refractivity contribution is 5.65. The molecule has 0 heterocycles. The van der Waals surface area contributed by atoms with Crippen LogP contribution in [0.4, 0.5) is 4.39 Å². The maximum Gasteiger partial charge on any atom is 0.141 e. The SMILES string of the molecule is N#Cc1ccc(-c2cccc(CO)c2)cc1F. The van der Waals surface area contributed by atoms with Crippen LogP contribution in [0.15, 0.2) is 42.5 Å². The van der Waals surface area contributed by atoms with Crippen LogP contribution in [-0.2, 0) is 6.61 Å². The number of hydrogen-bond acceptors (Lipinski definition) is 2. The van der Waals surface area contributed by atoms with E-state index >= 15 is 0 Å². The van der Waals surface area contributed by atoms with E-state index in [4.69, 9.17) is 10.4 Å². The van der Waals surface area contributed by atoms with Crippen LogP contribution in [0.1, 0.15) is 11.1 Å². The second-order valence-electron chi connectivity index (χ2n) is 3.66. The molecule has 17 heavy (non-hydrogen) atoms. The van der Waals surface area contributed by atoms with Gasteiger partial charge < -0.3 is 5.11 Å². The van der Waals surface area contributed by atoms with Crippen LogP contribution < -0.4 is 0 Å². The molecule has 2 aromatic rings. The van der Waals surface area contributed by atoms with E-state index in [0.717, 1.165) is 11.1 Å². The van der Waals surface area contributed by atoms with Crippen LogP contribution in [0.25, 0.3) is 11.1 Å². The molecule has 0 saturated carbocycles. The number of rotatable bonds is 2. The molecular formula is C14H10FNO. The van der Waals surface area contributed by atoms with Crippen molar-refractivity contribution in [2.45, 2.75) is 6.61 Å². The van der Waals surface area contributed by atoms with Crippen molar-refractivity contribution in [1.82, 2.24) is 0 Å². The summed E-state index contributed by atoms with van der Waals surface area (Å²) in [6.07, 6.45) is 0. The van der Waals surface area contributed by atoms with E-state index in [-0.39, 0.29) is 12.2 Å². The molecule has 0 fully saturated rings. The molecule has 0 spiro atoms. The topological polar surface area (TPSA) is 44.0 Å². The Morgan fingerprint density at radius 2 is 1.88 bits per heavy atom. The standard InChI is InChI=1S/C14H10FNO/c15-14-7-12(4-5-13(14)8-16)11-3-1-2-10(6-11)9-17/h1-7,17H,9H2. The van der Waals surface area contributed by atoms with Gasteiger partial charge in [-0.1, -0.05) is 24.3 Å². The maximum absolute atomic E-state index is 13.4. The third-order valence-corrected chi connectivity index (χ3v) is 2.53. The highest BCUT2D eigenvalue weighted by atomic mass is 19.1. The Labute approximate surface area is 98.6 Å². The molecule has 0 amide bonds. The summed E-state index contributed by atoms with van der Waals surface area (Å²) in [5.74, 6) is -0.528. The predicted octanol–water partition coefficient (Wildman–Crippen LogP) is 2.86. The fourth-order valence-corrected chi connectivity index (χ4v) is 1.63. The van der Waals surface area contributed by atoms with Crippen LogP contribution in [0.5, 0.6) is 0 Å². The molecule has 0 radical (unpaired) electrons. The van der Waals surface area contributed by atoms with E-state index in [1.54, 1.807) is 30.3 Å². The van der Waals surface area contributed by atoms with Crippen LogP contribution in [0, 0.1) is 17.1 Å². The number of aliphatic hydroxyl groups excluding tert-OH is 1. The van der Waals surface area contributed by atoms with Crippen molar-refractivity contribution >= 4 is 0 Å². The number of nitriles is 1. The highest BCUT2D eigenvalue weighted by Gasteiger charge is 2.04. The minimum Gasteiger partial charge on any atom is -0.392 e. The second-order valence-corrected chi connectivity index (χ2v) is 3.66. The summed E-state index contributed by atoms with van der Waals surface area (Å²) in [6.45, 7) is -0.0490. The lowest BCUT2D eigenvalue weighted by atomic mass is 10.0. The molecule has 0 aliphatic heterocycles. The molecule has 2 rings (SSSR count).